The Labute approximate surface area is 126 Å². The molecule has 2 rings (SSSR count). The minimum Gasteiger partial charge on any atom is -0.397 e. The van der Waals surface area contributed by atoms with Crippen LogP contribution < -0.4 is 10.6 Å². The molecule has 1 aromatic heterocycles. The number of anilines is 2. The average molecular weight is 338 g/mol. The van der Waals surface area contributed by atoms with Crippen LogP contribution in [0, 0.1) is 12.7 Å². The van der Waals surface area contributed by atoms with Crippen molar-refractivity contribution in [3.05, 3.63) is 51.9 Å². The molecule has 3 nitrogen and oxygen atoms in total. The number of aromatic nitrogens is 1. The van der Waals surface area contributed by atoms with Crippen molar-refractivity contribution in [1.82, 2.24) is 4.98 Å². The normalized spacial score (nSPS) is 12.2. The largest absolute Gasteiger partial charge is 0.397 e. The Bertz CT molecular complexity index is 631. The van der Waals surface area contributed by atoms with Gasteiger partial charge in [0.05, 0.1) is 22.4 Å². The Hall–Kier alpha value is -1.62. The highest BCUT2D eigenvalue weighted by atomic mass is 79.9. The standard InChI is InChI=1S/C15H17BrFN3/c1-9-13(18)8-19-15(14(9)16)20(3)10(2)11-6-4-5-7-12(11)17/h4-8,10H,18H2,1-3H3. The Morgan fingerprint density at radius 3 is 2.65 bits per heavy atom. The zero-order valence-corrected chi connectivity index (χ0v) is 13.3. The Morgan fingerprint density at radius 1 is 1.35 bits per heavy atom. The van der Waals surface area contributed by atoms with E-state index in [0.717, 1.165) is 15.9 Å². The minimum absolute atomic E-state index is 0.136. The molecule has 0 aliphatic rings. The van der Waals surface area contributed by atoms with Crippen LogP contribution in [0.25, 0.3) is 0 Å². The highest BCUT2D eigenvalue weighted by Gasteiger charge is 2.19. The number of benzene rings is 1. The minimum atomic E-state index is -0.213. The number of nitrogens with zero attached hydrogens (tertiary/aromatic N) is 2. The SMILES string of the molecule is Cc1c(N)cnc(N(C)C(C)c2ccccc2F)c1Br. The van der Waals surface area contributed by atoms with Crippen molar-refractivity contribution in [1.29, 1.82) is 0 Å². The summed E-state index contributed by atoms with van der Waals surface area (Å²) in [6.07, 6.45) is 1.62. The van der Waals surface area contributed by atoms with Crippen LogP contribution in [0.3, 0.4) is 0 Å². The van der Waals surface area contributed by atoms with Crippen LogP contribution in [0.4, 0.5) is 15.9 Å². The van der Waals surface area contributed by atoms with E-state index < -0.39 is 0 Å². The van der Waals surface area contributed by atoms with E-state index in [1.165, 1.54) is 6.07 Å². The molecule has 0 spiro atoms. The summed E-state index contributed by atoms with van der Waals surface area (Å²) in [5.41, 5.74) is 8.03. The van der Waals surface area contributed by atoms with Crippen LogP contribution >= 0.6 is 15.9 Å². The topological polar surface area (TPSA) is 42.1 Å². The molecule has 1 atom stereocenters. The first-order chi connectivity index (χ1) is 9.43. The number of hydrogen-bond donors (Lipinski definition) is 1. The van der Waals surface area contributed by atoms with Gasteiger partial charge in [0, 0.05) is 12.6 Å². The fourth-order valence-electron chi connectivity index (χ4n) is 2.03. The van der Waals surface area contributed by atoms with Crippen molar-refractivity contribution >= 4 is 27.4 Å². The number of rotatable bonds is 3. The van der Waals surface area contributed by atoms with Gasteiger partial charge in [-0.2, -0.15) is 0 Å². The van der Waals surface area contributed by atoms with Gasteiger partial charge in [-0.3, -0.25) is 0 Å². The molecule has 5 heteroatoms. The molecule has 1 aromatic carbocycles. The zero-order chi connectivity index (χ0) is 14.9. The van der Waals surface area contributed by atoms with E-state index in [1.807, 2.05) is 31.9 Å². The van der Waals surface area contributed by atoms with Crippen molar-refractivity contribution in [2.45, 2.75) is 19.9 Å². The monoisotopic (exact) mass is 337 g/mol. The van der Waals surface area contributed by atoms with Crippen molar-refractivity contribution in [2.75, 3.05) is 17.7 Å². The van der Waals surface area contributed by atoms with Crippen LogP contribution in [-0.2, 0) is 0 Å². The van der Waals surface area contributed by atoms with Gasteiger partial charge in [0.2, 0.25) is 0 Å². The van der Waals surface area contributed by atoms with Gasteiger partial charge in [-0.05, 0) is 41.4 Å². The molecule has 0 radical (unpaired) electrons. The van der Waals surface area contributed by atoms with E-state index >= 15 is 0 Å². The second-order valence-corrected chi connectivity index (χ2v) is 5.58. The number of nitrogen functional groups attached to an aromatic ring is 1. The number of nitrogens with two attached hydrogens (primary N) is 1. The maximum atomic E-state index is 13.9. The first-order valence-corrected chi connectivity index (χ1v) is 7.10. The van der Waals surface area contributed by atoms with E-state index in [0.29, 0.717) is 11.3 Å². The quantitative estimate of drug-likeness (QED) is 0.917. The number of hydrogen-bond acceptors (Lipinski definition) is 3. The summed E-state index contributed by atoms with van der Waals surface area (Å²) in [6.45, 7) is 3.87. The molecule has 0 fully saturated rings. The maximum Gasteiger partial charge on any atom is 0.143 e. The molecule has 1 unspecified atom stereocenters. The molecule has 0 bridgehead atoms. The van der Waals surface area contributed by atoms with Crippen molar-refractivity contribution < 1.29 is 4.39 Å². The van der Waals surface area contributed by atoms with E-state index in [1.54, 1.807) is 18.3 Å². The fraction of sp³-hybridized carbons (Fsp3) is 0.267. The summed E-state index contributed by atoms with van der Waals surface area (Å²) in [6, 6.07) is 6.64. The molecule has 1 heterocycles. The van der Waals surface area contributed by atoms with Gasteiger partial charge in [-0.15, -0.1) is 0 Å². The van der Waals surface area contributed by atoms with Crippen LogP contribution in [0.5, 0.6) is 0 Å². The Balaban J connectivity index is 2.39. The van der Waals surface area contributed by atoms with E-state index in [9.17, 15) is 4.39 Å². The predicted molar refractivity (Wildman–Crippen MR) is 84.3 cm³/mol. The Morgan fingerprint density at radius 2 is 2.00 bits per heavy atom. The maximum absolute atomic E-state index is 13.9. The van der Waals surface area contributed by atoms with Crippen LogP contribution in [0.1, 0.15) is 24.1 Å². The molecule has 20 heavy (non-hydrogen) atoms. The highest BCUT2D eigenvalue weighted by Crippen LogP contribution is 2.34. The van der Waals surface area contributed by atoms with Gasteiger partial charge in [-0.25, -0.2) is 9.37 Å². The lowest BCUT2D eigenvalue weighted by molar-refractivity contribution is 0.584. The van der Waals surface area contributed by atoms with Crippen LogP contribution in [0.2, 0.25) is 0 Å². The van der Waals surface area contributed by atoms with Crippen molar-refractivity contribution in [3.63, 3.8) is 0 Å². The Kier molecular flexibility index (Phi) is 4.28. The third-order valence-corrected chi connectivity index (χ3v) is 4.50. The molecular formula is C15H17BrFN3. The lowest BCUT2D eigenvalue weighted by Crippen LogP contribution is -2.24. The summed E-state index contributed by atoms with van der Waals surface area (Å²) < 4.78 is 14.7. The molecular weight excluding hydrogens is 321 g/mol. The number of pyridine rings is 1. The van der Waals surface area contributed by atoms with Gasteiger partial charge >= 0.3 is 0 Å². The predicted octanol–water partition coefficient (Wildman–Crippen LogP) is 4.07. The molecule has 0 saturated heterocycles. The summed E-state index contributed by atoms with van der Waals surface area (Å²) in [5, 5.41) is 0. The number of halogens is 2. The van der Waals surface area contributed by atoms with Crippen LogP contribution in [0.15, 0.2) is 34.9 Å². The van der Waals surface area contributed by atoms with Gasteiger partial charge in [0.1, 0.15) is 11.6 Å². The smallest absolute Gasteiger partial charge is 0.143 e. The van der Waals surface area contributed by atoms with Gasteiger partial charge in [0.25, 0.3) is 0 Å². The first kappa shape index (κ1) is 14.8. The summed E-state index contributed by atoms with van der Waals surface area (Å²) in [5.74, 6) is 0.530. The molecule has 0 saturated carbocycles. The summed E-state index contributed by atoms with van der Waals surface area (Å²) >= 11 is 3.51. The summed E-state index contributed by atoms with van der Waals surface area (Å²) in [4.78, 5) is 6.27. The van der Waals surface area contributed by atoms with Gasteiger partial charge in [0.15, 0.2) is 0 Å². The molecule has 2 N–H and O–H groups in total. The van der Waals surface area contributed by atoms with E-state index in [-0.39, 0.29) is 11.9 Å². The van der Waals surface area contributed by atoms with Gasteiger partial charge < -0.3 is 10.6 Å². The van der Waals surface area contributed by atoms with E-state index in [4.69, 9.17) is 5.73 Å². The second-order valence-electron chi connectivity index (χ2n) is 4.78. The molecule has 2 aromatic rings. The first-order valence-electron chi connectivity index (χ1n) is 6.31. The fourth-order valence-corrected chi connectivity index (χ4v) is 2.64. The highest BCUT2D eigenvalue weighted by molar-refractivity contribution is 9.10. The third kappa shape index (κ3) is 2.63. The average Bonchev–Trinajstić information content (AvgIpc) is 2.44. The van der Waals surface area contributed by atoms with Gasteiger partial charge in [-0.1, -0.05) is 18.2 Å². The molecule has 0 aliphatic heterocycles. The van der Waals surface area contributed by atoms with Crippen LogP contribution in [-0.4, -0.2) is 12.0 Å². The summed E-state index contributed by atoms with van der Waals surface area (Å²) in [7, 11) is 1.89. The molecule has 0 amide bonds. The van der Waals surface area contributed by atoms with E-state index in [2.05, 4.69) is 20.9 Å². The second kappa shape index (κ2) is 5.79. The third-order valence-electron chi connectivity index (χ3n) is 3.55. The lowest BCUT2D eigenvalue weighted by atomic mass is 10.1. The molecule has 106 valence electrons. The lowest BCUT2D eigenvalue weighted by Gasteiger charge is -2.28. The van der Waals surface area contributed by atoms with Crippen molar-refractivity contribution in [2.24, 2.45) is 0 Å². The van der Waals surface area contributed by atoms with Crippen molar-refractivity contribution in [3.8, 4) is 0 Å². The zero-order valence-electron chi connectivity index (χ0n) is 11.7. The molecule has 0 aliphatic carbocycles.